The zero-order valence-electron chi connectivity index (χ0n) is 15.3. The first-order valence-corrected chi connectivity index (χ1v) is 8.17. The van der Waals surface area contributed by atoms with Crippen LogP contribution in [0.15, 0.2) is 35.1 Å². The van der Waals surface area contributed by atoms with Gasteiger partial charge in [0.1, 0.15) is 12.4 Å². The Morgan fingerprint density at radius 1 is 1.30 bits per heavy atom. The van der Waals surface area contributed by atoms with Crippen molar-refractivity contribution in [2.75, 3.05) is 0 Å². The number of carbonyl (C=O) groups is 1. The molecule has 0 radical (unpaired) electrons. The molecule has 0 spiro atoms. The van der Waals surface area contributed by atoms with E-state index in [1.165, 1.54) is 6.33 Å². The van der Waals surface area contributed by atoms with Crippen LogP contribution in [-0.4, -0.2) is 31.2 Å². The van der Waals surface area contributed by atoms with Gasteiger partial charge >= 0.3 is 0 Å². The maximum Gasteiger partial charge on any atom is 0.251 e. The molecule has 3 aromatic rings. The van der Waals surface area contributed by atoms with Crippen molar-refractivity contribution in [2.24, 2.45) is 11.1 Å². The summed E-state index contributed by atoms with van der Waals surface area (Å²) in [4.78, 5) is 21.0. The van der Waals surface area contributed by atoms with Crippen molar-refractivity contribution < 1.29 is 9.32 Å². The number of carbonyl (C=O) groups excluding carboxylic acids is 1. The van der Waals surface area contributed by atoms with Crippen LogP contribution in [0.25, 0.3) is 11.6 Å². The van der Waals surface area contributed by atoms with Crippen molar-refractivity contribution in [3.63, 3.8) is 0 Å². The molecular weight excluding hydrogens is 370 g/mol. The van der Waals surface area contributed by atoms with Gasteiger partial charge in [0, 0.05) is 12.1 Å². The summed E-state index contributed by atoms with van der Waals surface area (Å²) in [5.41, 5.74) is 6.74. The van der Waals surface area contributed by atoms with Crippen LogP contribution in [0.2, 0.25) is 0 Å². The second-order valence-corrected chi connectivity index (χ2v) is 6.96. The summed E-state index contributed by atoms with van der Waals surface area (Å²) in [6.45, 7) is 6.37. The van der Waals surface area contributed by atoms with Crippen molar-refractivity contribution in [1.29, 1.82) is 0 Å². The Morgan fingerprint density at radius 3 is 2.56 bits per heavy atom. The molecule has 1 aromatic carbocycles. The summed E-state index contributed by atoms with van der Waals surface area (Å²) in [7, 11) is 0. The van der Waals surface area contributed by atoms with Crippen molar-refractivity contribution in [1.82, 2.24) is 30.6 Å². The van der Waals surface area contributed by atoms with E-state index < -0.39 is 6.04 Å². The fourth-order valence-electron chi connectivity index (χ4n) is 2.42. The normalized spacial score (nSPS) is 12.3. The molecule has 144 valence electrons. The molecule has 0 aliphatic rings. The minimum Gasteiger partial charge on any atom is -0.340 e. The smallest absolute Gasteiger partial charge is 0.251 e. The molecule has 0 bridgehead atoms. The zero-order valence-corrected chi connectivity index (χ0v) is 16.1. The highest BCUT2D eigenvalue weighted by atomic mass is 35.5. The minimum atomic E-state index is -0.478. The highest BCUT2D eigenvalue weighted by Gasteiger charge is 2.33. The van der Waals surface area contributed by atoms with Crippen molar-refractivity contribution in [3.8, 4) is 11.6 Å². The molecule has 2 aromatic heterocycles. The van der Waals surface area contributed by atoms with Gasteiger partial charge in [-0.05, 0) is 23.1 Å². The average molecular weight is 392 g/mol. The number of hydrogen-bond acceptors (Lipinski definition) is 7. The molecule has 0 saturated carbocycles. The number of nitrogens with one attached hydrogen (secondary N) is 2. The first kappa shape index (κ1) is 20.5. The van der Waals surface area contributed by atoms with Crippen LogP contribution in [-0.2, 0) is 6.54 Å². The van der Waals surface area contributed by atoms with Crippen molar-refractivity contribution in [2.45, 2.75) is 33.4 Å². The fourth-order valence-corrected chi connectivity index (χ4v) is 2.42. The predicted molar refractivity (Wildman–Crippen MR) is 101 cm³/mol. The zero-order chi connectivity index (χ0) is 18.7. The van der Waals surface area contributed by atoms with Crippen LogP contribution in [0.3, 0.4) is 0 Å². The second-order valence-electron chi connectivity index (χ2n) is 6.96. The van der Waals surface area contributed by atoms with Gasteiger partial charge in [-0.2, -0.15) is 10.1 Å². The molecular formula is C17H22ClN7O2. The molecule has 3 rings (SSSR count). The molecule has 27 heavy (non-hydrogen) atoms. The van der Waals surface area contributed by atoms with E-state index in [1.54, 1.807) is 12.1 Å². The molecule has 1 amide bonds. The van der Waals surface area contributed by atoms with E-state index in [9.17, 15) is 4.79 Å². The van der Waals surface area contributed by atoms with E-state index in [-0.39, 0.29) is 29.6 Å². The van der Waals surface area contributed by atoms with Crippen LogP contribution in [0.4, 0.5) is 0 Å². The third kappa shape index (κ3) is 4.69. The molecule has 0 aliphatic heterocycles. The van der Waals surface area contributed by atoms with Crippen LogP contribution >= 0.6 is 12.4 Å². The number of benzene rings is 1. The Labute approximate surface area is 162 Å². The summed E-state index contributed by atoms with van der Waals surface area (Å²) in [6.07, 6.45) is 1.36. The van der Waals surface area contributed by atoms with Crippen LogP contribution < -0.4 is 11.1 Å². The number of rotatable bonds is 5. The van der Waals surface area contributed by atoms with Crippen molar-refractivity contribution >= 4 is 18.3 Å². The third-order valence-corrected chi connectivity index (χ3v) is 3.91. The topological polar surface area (TPSA) is 136 Å². The number of halogens is 1. The Bertz CT molecular complexity index is 870. The Morgan fingerprint density at radius 2 is 2.00 bits per heavy atom. The van der Waals surface area contributed by atoms with E-state index in [2.05, 4.69) is 30.6 Å². The molecule has 4 N–H and O–H groups in total. The van der Waals surface area contributed by atoms with Gasteiger partial charge in [-0.1, -0.05) is 38.1 Å². The summed E-state index contributed by atoms with van der Waals surface area (Å²) >= 11 is 0. The average Bonchev–Trinajstić information content (AvgIpc) is 3.29. The first-order valence-electron chi connectivity index (χ1n) is 8.17. The van der Waals surface area contributed by atoms with Gasteiger partial charge in [-0.25, -0.2) is 4.98 Å². The second kappa shape index (κ2) is 8.28. The summed E-state index contributed by atoms with van der Waals surface area (Å²) in [5.74, 6) is 0.758. The van der Waals surface area contributed by atoms with E-state index in [0.717, 1.165) is 5.56 Å². The number of nitrogens with two attached hydrogens (primary N) is 1. The third-order valence-electron chi connectivity index (χ3n) is 3.91. The monoisotopic (exact) mass is 391 g/mol. The standard InChI is InChI=1S/C17H21N7O2.ClH/c1-17(2,3)12(16-22-14(24-26-16)13-19-9-20-23-13)21-15(25)11-6-4-10(8-18)5-7-11;/h4-7,9,12H,8,18H2,1-3H3,(H,21,25)(H,19,20,23);1H. The first-order chi connectivity index (χ1) is 12.4. The molecule has 1 atom stereocenters. The van der Waals surface area contributed by atoms with E-state index in [0.29, 0.717) is 23.8 Å². The lowest BCUT2D eigenvalue weighted by molar-refractivity contribution is 0.0881. The Kier molecular flexibility index (Phi) is 6.29. The SMILES string of the molecule is CC(C)(C)C(NC(=O)c1ccc(CN)cc1)c1nc(-c2ncn[nH]2)no1.Cl. The van der Waals surface area contributed by atoms with Gasteiger partial charge < -0.3 is 15.6 Å². The summed E-state index contributed by atoms with van der Waals surface area (Å²) in [6, 6.07) is 6.66. The Hall–Kier alpha value is -2.78. The highest BCUT2D eigenvalue weighted by Crippen LogP contribution is 2.32. The molecule has 0 aliphatic carbocycles. The lowest BCUT2D eigenvalue weighted by Crippen LogP contribution is -2.36. The fraction of sp³-hybridized carbons (Fsp3) is 0.353. The van der Waals surface area contributed by atoms with Crippen LogP contribution in [0.1, 0.15) is 48.6 Å². The van der Waals surface area contributed by atoms with E-state index >= 15 is 0 Å². The number of aromatic amines is 1. The molecule has 10 heteroatoms. The van der Waals surface area contributed by atoms with Crippen LogP contribution in [0.5, 0.6) is 0 Å². The van der Waals surface area contributed by atoms with Gasteiger partial charge in [0.15, 0.2) is 5.82 Å². The number of hydrogen-bond donors (Lipinski definition) is 3. The van der Waals surface area contributed by atoms with E-state index in [4.69, 9.17) is 10.3 Å². The van der Waals surface area contributed by atoms with Crippen molar-refractivity contribution in [3.05, 3.63) is 47.6 Å². The molecule has 0 fully saturated rings. The van der Waals surface area contributed by atoms with Gasteiger partial charge in [-0.3, -0.25) is 9.89 Å². The molecule has 2 heterocycles. The summed E-state index contributed by atoms with van der Waals surface area (Å²) < 4.78 is 5.37. The maximum absolute atomic E-state index is 12.6. The summed E-state index contributed by atoms with van der Waals surface area (Å²) in [5, 5.41) is 13.3. The Balaban J connectivity index is 0.00000261. The predicted octanol–water partition coefficient (Wildman–Crippen LogP) is 2.25. The molecule has 0 saturated heterocycles. The van der Waals surface area contributed by atoms with Gasteiger partial charge in [-0.15, -0.1) is 12.4 Å². The number of nitrogens with zero attached hydrogens (tertiary/aromatic N) is 4. The maximum atomic E-state index is 12.6. The number of H-pyrrole nitrogens is 1. The van der Waals surface area contributed by atoms with Gasteiger partial charge in [0.05, 0.1) is 0 Å². The molecule has 9 nitrogen and oxygen atoms in total. The number of aromatic nitrogens is 5. The lowest BCUT2D eigenvalue weighted by atomic mass is 9.86. The minimum absolute atomic E-state index is 0. The van der Waals surface area contributed by atoms with Gasteiger partial charge in [0.25, 0.3) is 5.91 Å². The van der Waals surface area contributed by atoms with E-state index in [1.807, 2.05) is 32.9 Å². The highest BCUT2D eigenvalue weighted by molar-refractivity contribution is 5.94. The molecule has 1 unspecified atom stereocenters. The quantitative estimate of drug-likeness (QED) is 0.606. The van der Waals surface area contributed by atoms with Gasteiger partial charge in [0.2, 0.25) is 11.7 Å². The lowest BCUT2D eigenvalue weighted by Gasteiger charge is -2.28. The van der Waals surface area contributed by atoms with Crippen LogP contribution in [0, 0.1) is 5.41 Å². The number of amides is 1. The largest absolute Gasteiger partial charge is 0.340 e.